The van der Waals surface area contributed by atoms with Crippen molar-refractivity contribution in [1.29, 1.82) is 0 Å². The summed E-state index contributed by atoms with van der Waals surface area (Å²) in [5.41, 5.74) is 6.69. The van der Waals surface area contributed by atoms with Gasteiger partial charge in [0.15, 0.2) is 0 Å². The molecule has 2 rings (SSSR count). The molecular formula is C13H19N3O. The predicted molar refractivity (Wildman–Crippen MR) is 66.3 cm³/mol. The molecule has 0 bridgehead atoms. The van der Waals surface area contributed by atoms with E-state index in [2.05, 4.69) is 4.98 Å². The molecule has 0 saturated carbocycles. The van der Waals surface area contributed by atoms with E-state index in [1.165, 1.54) is 6.42 Å². The van der Waals surface area contributed by atoms with Crippen molar-refractivity contribution in [1.82, 2.24) is 9.88 Å². The first-order valence-corrected chi connectivity index (χ1v) is 6.19. The van der Waals surface area contributed by atoms with E-state index in [4.69, 9.17) is 5.73 Å². The minimum absolute atomic E-state index is 0.174. The van der Waals surface area contributed by atoms with E-state index in [0.29, 0.717) is 13.0 Å². The number of nitrogens with two attached hydrogens (primary N) is 1. The summed E-state index contributed by atoms with van der Waals surface area (Å²) in [5, 5.41) is 0. The molecule has 1 atom stereocenters. The molecular weight excluding hydrogens is 214 g/mol. The second kappa shape index (κ2) is 5.77. The molecule has 1 aromatic heterocycles. The number of hydrogen-bond donors (Lipinski definition) is 1. The van der Waals surface area contributed by atoms with Gasteiger partial charge in [-0.05, 0) is 30.9 Å². The topological polar surface area (TPSA) is 59.2 Å². The summed E-state index contributed by atoms with van der Waals surface area (Å²) < 4.78 is 0. The lowest BCUT2D eigenvalue weighted by Gasteiger charge is -2.35. The molecule has 0 spiro atoms. The Labute approximate surface area is 102 Å². The highest BCUT2D eigenvalue weighted by Crippen LogP contribution is 2.17. The van der Waals surface area contributed by atoms with Crippen molar-refractivity contribution < 1.29 is 4.79 Å². The molecule has 1 amide bonds. The van der Waals surface area contributed by atoms with E-state index in [9.17, 15) is 4.79 Å². The third-order valence-corrected chi connectivity index (χ3v) is 3.30. The smallest absolute Gasteiger partial charge is 0.227 e. The van der Waals surface area contributed by atoms with E-state index in [1.54, 1.807) is 12.4 Å². The Morgan fingerprint density at radius 3 is 3.12 bits per heavy atom. The van der Waals surface area contributed by atoms with Crippen molar-refractivity contribution in [2.75, 3.05) is 13.1 Å². The number of carbonyl (C=O) groups excluding carboxylic acids is 1. The molecule has 0 radical (unpaired) electrons. The summed E-state index contributed by atoms with van der Waals surface area (Å²) in [6.07, 6.45) is 7.21. The zero-order valence-electron chi connectivity index (χ0n) is 10.0. The van der Waals surface area contributed by atoms with Crippen molar-refractivity contribution >= 4 is 5.91 Å². The number of rotatable bonds is 3. The quantitative estimate of drug-likeness (QED) is 0.846. The highest BCUT2D eigenvalue weighted by molar-refractivity contribution is 5.79. The molecule has 0 aliphatic carbocycles. The van der Waals surface area contributed by atoms with Crippen LogP contribution in [-0.2, 0) is 11.2 Å². The van der Waals surface area contributed by atoms with Crippen LogP contribution in [0.2, 0.25) is 0 Å². The van der Waals surface area contributed by atoms with E-state index < -0.39 is 0 Å². The van der Waals surface area contributed by atoms with Crippen LogP contribution in [0.25, 0.3) is 0 Å². The van der Waals surface area contributed by atoms with Crippen LogP contribution in [0, 0.1) is 0 Å². The summed E-state index contributed by atoms with van der Waals surface area (Å²) >= 11 is 0. The van der Waals surface area contributed by atoms with Gasteiger partial charge >= 0.3 is 0 Å². The summed E-state index contributed by atoms with van der Waals surface area (Å²) in [7, 11) is 0. The Morgan fingerprint density at radius 1 is 1.53 bits per heavy atom. The van der Waals surface area contributed by atoms with Crippen molar-refractivity contribution in [2.45, 2.75) is 31.7 Å². The van der Waals surface area contributed by atoms with Crippen LogP contribution in [-0.4, -0.2) is 34.9 Å². The highest BCUT2D eigenvalue weighted by Gasteiger charge is 2.25. The molecule has 92 valence electrons. The van der Waals surface area contributed by atoms with Crippen molar-refractivity contribution in [3.05, 3.63) is 30.1 Å². The minimum Gasteiger partial charge on any atom is -0.338 e. The van der Waals surface area contributed by atoms with E-state index >= 15 is 0 Å². The number of pyridine rings is 1. The van der Waals surface area contributed by atoms with Crippen LogP contribution in [0.1, 0.15) is 24.8 Å². The number of likely N-dealkylation sites (tertiary alicyclic amines) is 1. The van der Waals surface area contributed by atoms with Crippen LogP contribution >= 0.6 is 0 Å². The lowest BCUT2D eigenvalue weighted by molar-refractivity contribution is -0.133. The predicted octanol–water partition coefficient (Wildman–Crippen LogP) is 0.964. The van der Waals surface area contributed by atoms with Gasteiger partial charge in [-0.25, -0.2) is 0 Å². The SMILES string of the molecule is NCC1CCCCN1C(=O)Cc1cccnc1. The number of hydrogen-bond acceptors (Lipinski definition) is 3. The molecule has 4 nitrogen and oxygen atoms in total. The monoisotopic (exact) mass is 233 g/mol. The fourth-order valence-corrected chi connectivity index (χ4v) is 2.35. The maximum Gasteiger partial charge on any atom is 0.227 e. The number of aromatic nitrogens is 1. The van der Waals surface area contributed by atoms with Gasteiger partial charge in [-0.2, -0.15) is 0 Å². The molecule has 1 aromatic rings. The van der Waals surface area contributed by atoms with Gasteiger partial charge in [0.2, 0.25) is 5.91 Å². The highest BCUT2D eigenvalue weighted by atomic mass is 16.2. The largest absolute Gasteiger partial charge is 0.338 e. The van der Waals surface area contributed by atoms with Crippen LogP contribution in [0.15, 0.2) is 24.5 Å². The van der Waals surface area contributed by atoms with Gasteiger partial charge < -0.3 is 10.6 Å². The molecule has 2 heterocycles. The Balaban J connectivity index is 1.99. The zero-order valence-corrected chi connectivity index (χ0v) is 10.0. The fraction of sp³-hybridized carbons (Fsp3) is 0.538. The average molecular weight is 233 g/mol. The Bertz CT molecular complexity index is 366. The molecule has 1 aliphatic rings. The molecule has 2 N–H and O–H groups in total. The Kier molecular flexibility index (Phi) is 4.09. The van der Waals surface area contributed by atoms with Crippen LogP contribution in [0.5, 0.6) is 0 Å². The number of piperidine rings is 1. The summed E-state index contributed by atoms with van der Waals surface area (Å²) in [4.78, 5) is 18.1. The third-order valence-electron chi connectivity index (χ3n) is 3.30. The van der Waals surface area contributed by atoms with Crippen LogP contribution < -0.4 is 5.73 Å². The van der Waals surface area contributed by atoms with Gasteiger partial charge in [0.05, 0.1) is 6.42 Å². The lowest BCUT2D eigenvalue weighted by atomic mass is 10.0. The van der Waals surface area contributed by atoms with E-state index in [-0.39, 0.29) is 11.9 Å². The normalized spacial score (nSPS) is 20.3. The average Bonchev–Trinajstić information content (AvgIpc) is 2.40. The van der Waals surface area contributed by atoms with Crippen molar-refractivity contribution in [3.8, 4) is 0 Å². The Morgan fingerprint density at radius 2 is 2.41 bits per heavy atom. The van der Waals surface area contributed by atoms with Crippen molar-refractivity contribution in [2.24, 2.45) is 5.73 Å². The van der Waals surface area contributed by atoms with E-state index in [0.717, 1.165) is 24.9 Å². The van der Waals surface area contributed by atoms with Crippen LogP contribution in [0.4, 0.5) is 0 Å². The second-order valence-corrected chi connectivity index (χ2v) is 4.51. The standard InChI is InChI=1S/C13H19N3O/c14-9-12-5-1-2-7-16(12)13(17)8-11-4-3-6-15-10-11/h3-4,6,10,12H,1-2,5,7-9,14H2. The molecule has 1 aliphatic heterocycles. The van der Waals surface area contributed by atoms with Gasteiger partial charge in [0.1, 0.15) is 0 Å². The first-order valence-electron chi connectivity index (χ1n) is 6.19. The van der Waals surface area contributed by atoms with Gasteiger partial charge in [0.25, 0.3) is 0 Å². The number of nitrogens with zero attached hydrogens (tertiary/aromatic N) is 2. The molecule has 0 aromatic carbocycles. The molecule has 4 heteroatoms. The summed E-state index contributed by atoms with van der Waals surface area (Å²) in [6.45, 7) is 1.42. The molecule has 1 fully saturated rings. The molecule has 1 saturated heterocycles. The first kappa shape index (κ1) is 12.0. The Hall–Kier alpha value is -1.42. The molecule has 1 unspecified atom stereocenters. The van der Waals surface area contributed by atoms with Gasteiger partial charge in [-0.1, -0.05) is 6.07 Å². The first-order chi connectivity index (χ1) is 8.31. The number of amides is 1. The zero-order chi connectivity index (χ0) is 12.1. The molecule has 17 heavy (non-hydrogen) atoms. The maximum absolute atomic E-state index is 12.2. The van der Waals surface area contributed by atoms with Gasteiger partial charge in [-0.15, -0.1) is 0 Å². The minimum atomic E-state index is 0.174. The maximum atomic E-state index is 12.2. The third kappa shape index (κ3) is 3.03. The fourth-order valence-electron chi connectivity index (χ4n) is 2.35. The summed E-state index contributed by atoms with van der Waals surface area (Å²) in [6, 6.07) is 4.03. The lowest BCUT2D eigenvalue weighted by Crippen LogP contribution is -2.48. The van der Waals surface area contributed by atoms with Gasteiger partial charge in [-0.3, -0.25) is 9.78 Å². The summed E-state index contributed by atoms with van der Waals surface area (Å²) in [5.74, 6) is 0.174. The van der Waals surface area contributed by atoms with Gasteiger partial charge in [0, 0.05) is 31.5 Å². The second-order valence-electron chi connectivity index (χ2n) is 4.51. The van der Waals surface area contributed by atoms with E-state index in [1.807, 2.05) is 17.0 Å². The van der Waals surface area contributed by atoms with Crippen molar-refractivity contribution in [3.63, 3.8) is 0 Å². The van der Waals surface area contributed by atoms with Crippen LogP contribution in [0.3, 0.4) is 0 Å². The number of carbonyl (C=O) groups is 1.